The van der Waals surface area contributed by atoms with Crippen LogP contribution in [-0.4, -0.2) is 4.98 Å². The zero-order valence-electron chi connectivity index (χ0n) is 10.1. The molecular weight excluding hydrogens is 194 g/mol. The third kappa shape index (κ3) is 2.64. The molecule has 0 aliphatic heterocycles. The first-order chi connectivity index (χ1) is 7.79. The minimum Gasteiger partial charge on any atom is -0.197 e. The van der Waals surface area contributed by atoms with Gasteiger partial charge < -0.3 is 0 Å². The number of hydrogen-bond donors (Lipinski definition) is 0. The summed E-state index contributed by atoms with van der Waals surface area (Å²) in [5.41, 5.74) is 3.35. The summed E-state index contributed by atoms with van der Waals surface area (Å²) >= 11 is 0. The molecule has 0 spiro atoms. The maximum absolute atomic E-state index is 4.20. The molecule has 0 N–H and O–H groups in total. The Hall–Kier alpha value is -1.29. The van der Waals surface area contributed by atoms with E-state index < -0.39 is 0 Å². The zero-order chi connectivity index (χ0) is 11.4. The summed E-state index contributed by atoms with van der Waals surface area (Å²) in [6.07, 6.45) is 10.5. The van der Waals surface area contributed by atoms with E-state index in [1.165, 1.54) is 31.2 Å². The van der Waals surface area contributed by atoms with Crippen LogP contribution in [0.3, 0.4) is 0 Å². The molecule has 1 aliphatic carbocycles. The third-order valence-electron chi connectivity index (χ3n) is 3.48. The van der Waals surface area contributed by atoms with Gasteiger partial charge in [-0.1, -0.05) is 39.2 Å². The van der Waals surface area contributed by atoms with Gasteiger partial charge in [0.15, 0.2) is 0 Å². The van der Waals surface area contributed by atoms with Gasteiger partial charge >= 0.3 is 0 Å². The van der Waals surface area contributed by atoms with Crippen LogP contribution in [-0.2, 0) is 6.42 Å². The lowest BCUT2D eigenvalue weighted by Crippen LogP contribution is -1.99. The van der Waals surface area contributed by atoms with Crippen LogP contribution in [0.5, 0.6) is 0 Å². The van der Waals surface area contributed by atoms with Crippen molar-refractivity contribution < 1.29 is 0 Å². The molecule has 1 heterocycles. The van der Waals surface area contributed by atoms with Crippen LogP contribution in [0.25, 0.3) is 5.57 Å². The highest BCUT2D eigenvalue weighted by atomic mass is 14.6. The van der Waals surface area contributed by atoms with Crippen LogP contribution in [0, 0.1) is 18.2 Å². The predicted molar refractivity (Wildman–Crippen MR) is 66.9 cm³/mol. The van der Waals surface area contributed by atoms with E-state index in [0.717, 1.165) is 30.0 Å². The average molecular weight is 213 g/mol. The van der Waals surface area contributed by atoms with Crippen molar-refractivity contribution >= 4 is 5.57 Å². The quantitative estimate of drug-likeness (QED) is 0.740. The van der Waals surface area contributed by atoms with Crippen molar-refractivity contribution in [3.05, 3.63) is 36.2 Å². The van der Waals surface area contributed by atoms with E-state index in [2.05, 4.69) is 36.8 Å². The Balaban J connectivity index is 2.06. The average Bonchev–Trinajstić information content (AvgIpc) is 2.81. The Morgan fingerprint density at radius 3 is 2.94 bits per heavy atom. The molecular formula is C15H19N. The molecule has 1 saturated carbocycles. The second-order valence-electron chi connectivity index (χ2n) is 4.72. The fraction of sp³-hybridized carbons (Fsp3) is 0.533. The van der Waals surface area contributed by atoms with Crippen LogP contribution < -0.4 is 0 Å². The molecule has 0 saturated heterocycles. The molecule has 0 unspecified atom stereocenters. The smallest absolute Gasteiger partial charge is 0.0772 e. The van der Waals surface area contributed by atoms with Crippen molar-refractivity contribution in [3.63, 3.8) is 0 Å². The van der Waals surface area contributed by atoms with Crippen LogP contribution in [0.15, 0.2) is 12.6 Å². The maximum Gasteiger partial charge on any atom is 0.0772 e. The number of allylic oxidation sites excluding steroid dienone is 1. The lowest BCUT2D eigenvalue weighted by Gasteiger charge is -2.07. The summed E-state index contributed by atoms with van der Waals surface area (Å²) in [4.78, 5) is 4.20. The molecule has 0 atom stereocenters. The van der Waals surface area contributed by atoms with Gasteiger partial charge in [-0.15, -0.1) is 0 Å². The van der Waals surface area contributed by atoms with Crippen molar-refractivity contribution in [2.75, 3.05) is 0 Å². The van der Waals surface area contributed by atoms with E-state index in [-0.39, 0.29) is 0 Å². The van der Waals surface area contributed by atoms with E-state index >= 15 is 0 Å². The van der Waals surface area contributed by atoms with Crippen molar-refractivity contribution in [1.82, 2.24) is 4.98 Å². The van der Waals surface area contributed by atoms with E-state index in [0.29, 0.717) is 0 Å². The third-order valence-corrected chi connectivity index (χ3v) is 3.48. The van der Waals surface area contributed by atoms with Crippen LogP contribution >= 0.6 is 0 Å². The van der Waals surface area contributed by atoms with E-state index in [4.69, 9.17) is 0 Å². The highest BCUT2D eigenvalue weighted by molar-refractivity contribution is 5.59. The number of rotatable bonds is 4. The molecule has 2 rings (SSSR count). The standard InChI is InChI=1S/C15H19N/c1-3-12(2)15-11-14(8-9-16-15)10-13-6-4-5-7-13/h11,13H,2-7,10H2,1H3. The Bertz CT molecular complexity index is 361. The molecule has 0 amide bonds. The maximum atomic E-state index is 4.20. The minimum absolute atomic E-state index is 0.856. The highest BCUT2D eigenvalue weighted by Gasteiger charge is 2.15. The molecule has 1 aromatic rings. The first-order valence-electron chi connectivity index (χ1n) is 6.27. The number of hydrogen-bond acceptors (Lipinski definition) is 1. The van der Waals surface area contributed by atoms with Gasteiger partial charge in [-0.25, -0.2) is 0 Å². The summed E-state index contributed by atoms with van der Waals surface area (Å²) in [5.74, 6) is 0.856. The monoisotopic (exact) mass is 213 g/mol. The predicted octanol–water partition coefficient (Wildman–Crippen LogP) is 3.84. The molecule has 1 aliphatic rings. The molecule has 1 aromatic heterocycles. The number of nitrogens with zero attached hydrogens (tertiary/aromatic N) is 1. The molecule has 1 heteroatoms. The lowest BCUT2D eigenvalue weighted by atomic mass is 9.98. The van der Waals surface area contributed by atoms with Gasteiger partial charge in [0.05, 0.1) is 5.69 Å². The van der Waals surface area contributed by atoms with Gasteiger partial charge in [-0.05, 0) is 36.5 Å². The minimum atomic E-state index is 0.856. The molecule has 1 fully saturated rings. The molecule has 16 heavy (non-hydrogen) atoms. The molecule has 0 bridgehead atoms. The normalized spacial score (nSPS) is 16.1. The van der Waals surface area contributed by atoms with Crippen molar-refractivity contribution in [2.24, 2.45) is 5.92 Å². The molecule has 0 radical (unpaired) electrons. The van der Waals surface area contributed by atoms with Crippen LogP contribution in [0.1, 0.15) is 50.3 Å². The Morgan fingerprint density at radius 1 is 1.50 bits per heavy atom. The number of aromatic nitrogens is 1. The van der Waals surface area contributed by atoms with Crippen molar-refractivity contribution in [2.45, 2.75) is 45.4 Å². The summed E-state index contributed by atoms with van der Waals surface area (Å²) in [5, 5.41) is 0. The van der Waals surface area contributed by atoms with Gasteiger partial charge in [0, 0.05) is 11.8 Å². The highest BCUT2D eigenvalue weighted by Crippen LogP contribution is 2.27. The van der Waals surface area contributed by atoms with Gasteiger partial charge in [-0.2, -0.15) is 4.98 Å². The van der Waals surface area contributed by atoms with Gasteiger partial charge in [0.25, 0.3) is 0 Å². The van der Waals surface area contributed by atoms with Gasteiger partial charge in [-0.3, -0.25) is 0 Å². The van der Waals surface area contributed by atoms with Crippen LogP contribution in [0.2, 0.25) is 0 Å². The Morgan fingerprint density at radius 2 is 2.25 bits per heavy atom. The molecule has 84 valence electrons. The van der Waals surface area contributed by atoms with E-state index in [1.807, 2.05) is 0 Å². The summed E-state index contributed by atoms with van der Waals surface area (Å²) in [7, 11) is 0. The largest absolute Gasteiger partial charge is 0.197 e. The topological polar surface area (TPSA) is 12.9 Å². The fourth-order valence-electron chi connectivity index (χ4n) is 2.39. The Labute approximate surface area is 98.6 Å². The van der Waals surface area contributed by atoms with Crippen molar-refractivity contribution in [1.29, 1.82) is 0 Å². The summed E-state index contributed by atoms with van der Waals surface area (Å²) in [6, 6.07) is 5.28. The van der Waals surface area contributed by atoms with Gasteiger partial charge in [0.2, 0.25) is 0 Å². The second-order valence-corrected chi connectivity index (χ2v) is 4.72. The lowest BCUT2D eigenvalue weighted by molar-refractivity contribution is 0.546. The summed E-state index contributed by atoms with van der Waals surface area (Å²) < 4.78 is 0. The summed E-state index contributed by atoms with van der Waals surface area (Å²) in [6.45, 7) is 6.13. The first-order valence-corrected chi connectivity index (χ1v) is 6.27. The SMILES string of the molecule is C=C(CC)c1cc(CC2CCCC2)c#cn1. The first kappa shape index (κ1) is 11.2. The molecule has 0 aromatic carbocycles. The second kappa shape index (κ2) is 5.16. The Kier molecular flexibility index (Phi) is 3.62. The van der Waals surface area contributed by atoms with E-state index in [9.17, 15) is 0 Å². The van der Waals surface area contributed by atoms with Crippen molar-refractivity contribution in [3.8, 4) is 0 Å². The molecule has 1 nitrogen and oxygen atoms in total. The zero-order valence-corrected chi connectivity index (χ0v) is 10.1. The van der Waals surface area contributed by atoms with Crippen LogP contribution in [0.4, 0.5) is 0 Å². The van der Waals surface area contributed by atoms with Gasteiger partial charge in [0.1, 0.15) is 0 Å². The fourth-order valence-corrected chi connectivity index (χ4v) is 2.39. The van der Waals surface area contributed by atoms with E-state index in [1.54, 1.807) is 0 Å².